The molecule has 1 N–H and O–H groups in total. The number of halogens is 2. The quantitative estimate of drug-likeness (QED) is 0.606. The fourth-order valence-corrected chi connectivity index (χ4v) is 1.24. The molecule has 5 heteroatoms. The van der Waals surface area contributed by atoms with E-state index in [1.165, 1.54) is 11.9 Å². The van der Waals surface area contributed by atoms with Gasteiger partial charge < -0.3 is 5.11 Å². The van der Waals surface area contributed by atoms with Gasteiger partial charge in [-0.1, -0.05) is 0 Å². The SMILES string of the molecule is CN1CC(C(=O)O)C(F)(F)C1. The molecular formula is C6H9F2NO2. The van der Waals surface area contributed by atoms with E-state index in [2.05, 4.69) is 0 Å². The van der Waals surface area contributed by atoms with Gasteiger partial charge in [-0.2, -0.15) is 0 Å². The minimum absolute atomic E-state index is 0.0671. The lowest BCUT2D eigenvalue weighted by Crippen LogP contribution is -2.32. The molecule has 0 spiro atoms. The van der Waals surface area contributed by atoms with Crippen molar-refractivity contribution in [2.75, 3.05) is 20.1 Å². The highest BCUT2D eigenvalue weighted by molar-refractivity contribution is 5.72. The predicted octanol–water partition coefficient (Wildman–Crippen LogP) is 0.268. The van der Waals surface area contributed by atoms with E-state index in [9.17, 15) is 13.6 Å². The fraction of sp³-hybridized carbons (Fsp3) is 0.833. The number of likely N-dealkylation sites (tertiary alicyclic amines) is 1. The van der Waals surface area contributed by atoms with Crippen LogP contribution in [0.3, 0.4) is 0 Å². The zero-order valence-corrected chi connectivity index (χ0v) is 6.05. The summed E-state index contributed by atoms with van der Waals surface area (Å²) in [5.41, 5.74) is 0. The normalized spacial score (nSPS) is 30.6. The summed E-state index contributed by atoms with van der Waals surface area (Å²) in [6.45, 7) is -0.522. The summed E-state index contributed by atoms with van der Waals surface area (Å²) in [6, 6.07) is 0. The summed E-state index contributed by atoms with van der Waals surface area (Å²) in [5, 5.41) is 8.36. The molecular weight excluding hydrogens is 156 g/mol. The van der Waals surface area contributed by atoms with Gasteiger partial charge in [0.25, 0.3) is 5.92 Å². The lowest BCUT2D eigenvalue weighted by atomic mass is 10.1. The molecule has 0 amide bonds. The molecule has 1 unspecified atom stereocenters. The van der Waals surface area contributed by atoms with Crippen molar-refractivity contribution in [3.63, 3.8) is 0 Å². The number of alkyl halides is 2. The second-order valence-corrected chi connectivity index (χ2v) is 2.85. The first-order chi connectivity index (χ1) is 4.93. The van der Waals surface area contributed by atoms with Crippen molar-refractivity contribution in [1.29, 1.82) is 0 Å². The molecule has 1 saturated heterocycles. The number of rotatable bonds is 1. The maximum Gasteiger partial charge on any atom is 0.314 e. The lowest BCUT2D eigenvalue weighted by Gasteiger charge is -2.12. The maximum atomic E-state index is 12.7. The van der Waals surface area contributed by atoms with E-state index in [1.807, 2.05) is 0 Å². The van der Waals surface area contributed by atoms with Gasteiger partial charge in [0, 0.05) is 6.54 Å². The van der Waals surface area contributed by atoms with Gasteiger partial charge in [-0.3, -0.25) is 9.69 Å². The van der Waals surface area contributed by atoms with Crippen molar-refractivity contribution in [1.82, 2.24) is 4.90 Å². The first-order valence-corrected chi connectivity index (χ1v) is 3.22. The molecule has 0 aliphatic carbocycles. The Morgan fingerprint density at radius 2 is 2.27 bits per heavy atom. The molecule has 64 valence electrons. The summed E-state index contributed by atoms with van der Waals surface area (Å²) >= 11 is 0. The van der Waals surface area contributed by atoms with E-state index in [0.29, 0.717) is 0 Å². The van der Waals surface area contributed by atoms with Crippen molar-refractivity contribution in [3.8, 4) is 0 Å². The molecule has 0 saturated carbocycles. The van der Waals surface area contributed by atoms with Crippen LogP contribution in [0.25, 0.3) is 0 Å². The van der Waals surface area contributed by atoms with Crippen LogP contribution in [0.2, 0.25) is 0 Å². The minimum atomic E-state index is -3.07. The molecule has 0 aromatic rings. The van der Waals surface area contributed by atoms with Gasteiger partial charge in [-0.05, 0) is 7.05 Å². The molecule has 11 heavy (non-hydrogen) atoms. The third-order valence-electron chi connectivity index (χ3n) is 1.78. The highest BCUT2D eigenvalue weighted by Gasteiger charge is 2.50. The van der Waals surface area contributed by atoms with Crippen molar-refractivity contribution < 1.29 is 18.7 Å². The number of aliphatic carboxylic acids is 1. The fourth-order valence-electron chi connectivity index (χ4n) is 1.24. The van der Waals surface area contributed by atoms with Crippen LogP contribution in [0.15, 0.2) is 0 Å². The van der Waals surface area contributed by atoms with Crippen LogP contribution in [0.1, 0.15) is 0 Å². The van der Waals surface area contributed by atoms with Gasteiger partial charge in [0.05, 0.1) is 6.54 Å². The number of nitrogens with zero attached hydrogens (tertiary/aromatic N) is 1. The van der Waals surface area contributed by atoms with Gasteiger partial charge in [-0.15, -0.1) is 0 Å². The number of carboxylic acid groups (broad SMARTS) is 1. The first kappa shape index (κ1) is 8.39. The predicted molar refractivity (Wildman–Crippen MR) is 33.6 cm³/mol. The van der Waals surface area contributed by atoms with Crippen molar-refractivity contribution in [2.45, 2.75) is 5.92 Å². The van der Waals surface area contributed by atoms with E-state index in [4.69, 9.17) is 5.11 Å². The monoisotopic (exact) mass is 165 g/mol. The summed E-state index contributed by atoms with van der Waals surface area (Å²) < 4.78 is 25.4. The summed E-state index contributed by atoms with van der Waals surface area (Å²) in [6.07, 6.45) is 0. The molecule has 1 rings (SSSR count). The highest BCUT2D eigenvalue weighted by Crippen LogP contribution is 2.31. The third kappa shape index (κ3) is 1.48. The molecule has 0 radical (unpaired) electrons. The first-order valence-electron chi connectivity index (χ1n) is 3.22. The molecule has 1 aliphatic heterocycles. The molecule has 1 aliphatic rings. The van der Waals surface area contributed by atoms with Crippen LogP contribution in [0, 0.1) is 5.92 Å². The number of carbonyl (C=O) groups is 1. The van der Waals surface area contributed by atoms with Crippen LogP contribution in [-0.4, -0.2) is 42.0 Å². The number of carboxylic acids is 1. The van der Waals surface area contributed by atoms with Gasteiger partial charge >= 0.3 is 5.97 Å². The van der Waals surface area contributed by atoms with E-state index >= 15 is 0 Å². The van der Waals surface area contributed by atoms with Crippen LogP contribution in [0.4, 0.5) is 8.78 Å². The molecule has 1 heterocycles. The second kappa shape index (κ2) is 2.41. The molecule has 1 atom stereocenters. The van der Waals surface area contributed by atoms with E-state index < -0.39 is 24.4 Å². The van der Waals surface area contributed by atoms with Gasteiger partial charge in [0.15, 0.2) is 0 Å². The Morgan fingerprint density at radius 1 is 1.73 bits per heavy atom. The molecule has 3 nitrogen and oxygen atoms in total. The highest BCUT2D eigenvalue weighted by atomic mass is 19.3. The number of hydrogen-bond acceptors (Lipinski definition) is 2. The van der Waals surface area contributed by atoms with E-state index in [0.717, 1.165) is 0 Å². The van der Waals surface area contributed by atoms with Gasteiger partial charge in [0.1, 0.15) is 5.92 Å². The number of hydrogen-bond donors (Lipinski definition) is 1. The standard InChI is InChI=1S/C6H9F2NO2/c1-9-2-4(5(10)11)6(7,8)3-9/h4H,2-3H2,1H3,(H,10,11). The molecule has 0 aromatic carbocycles. The largest absolute Gasteiger partial charge is 0.481 e. The van der Waals surface area contributed by atoms with Crippen LogP contribution >= 0.6 is 0 Å². The molecule has 0 bridgehead atoms. The average molecular weight is 165 g/mol. The zero-order valence-electron chi connectivity index (χ0n) is 6.05. The van der Waals surface area contributed by atoms with Crippen LogP contribution in [-0.2, 0) is 4.79 Å². The molecule has 0 aromatic heterocycles. The summed E-state index contributed by atoms with van der Waals surface area (Å²) in [5.74, 6) is -6.02. The topological polar surface area (TPSA) is 40.5 Å². The van der Waals surface area contributed by atoms with Gasteiger partial charge in [0.2, 0.25) is 0 Å². The Labute approximate surface area is 62.6 Å². The summed E-state index contributed by atoms with van der Waals surface area (Å²) in [4.78, 5) is 11.6. The Hall–Kier alpha value is -0.710. The molecule has 1 fully saturated rings. The van der Waals surface area contributed by atoms with E-state index in [1.54, 1.807) is 0 Å². The Morgan fingerprint density at radius 3 is 2.45 bits per heavy atom. The summed E-state index contributed by atoms with van der Waals surface area (Å²) in [7, 11) is 1.48. The Kier molecular flexibility index (Phi) is 1.83. The average Bonchev–Trinajstić information content (AvgIpc) is 2.04. The van der Waals surface area contributed by atoms with Crippen molar-refractivity contribution in [2.24, 2.45) is 5.92 Å². The lowest BCUT2D eigenvalue weighted by molar-refractivity contribution is -0.151. The van der Waals surface area contributed by atoms with Crippen LogP contribution < -0.4 is 0 Å². The maximum absolute atomic E-state index is 12.7. The Bertz CT molecular complexity index is 183. The third-order valence-corrected chi connectivity index (χ3v) is 1.78. The smallest absolute Gasteiger partial charge is 0.314 e. The Balaban J connectivity index is 2.74. The van der Waals surface area contributed by atoms with Crippen LogP contribution in [0.5, 0.6) is 0 Å². The van der Waals surface area contributed by atoms with Crippen molar-refractivity contribution in [3.05, 3.63) is 0 Å². The zero-order chi connectivity index (χ0) is 8.65. The minimum Gasteiger partial charge on any atom is -0.481 e. The van der Waals surface area contributed by atoms with Crippen molar-refractivity contribution >= 4 is 5.97 Å². The van der Waals surface area contributed by atoms with Gasteiger partial charge in [-0.25, -0.2) is 8.78 Å². The van der Waals surface area contributed by atoms with E-state index in [-0.39, 0.29) is 6.54 Å². The second-order valence-electron chi connectivity index (χ2n) is 2.85.